The average Bonchev–Trinajstić information content (AvgIpc) is 2.98. The van der Waals surface area contributed by atoms with Crippen molar-refractivity contribution in [3.05, 3.63) is 29.8 Å². The number of benzene rings is 1. The van der Waals surface area contributed by atoms with Gasteiger partial charge in [-0.05, 0) is 30.5 Å². The van der Waals surface area contributed by atoms with Crippen molar-refractivity contribution in [1.29, 1.82) is 0 Å². The highest BCUT2D eigenvalue weighted by Crippen LogP contribution is 2.33. The normalized spacial score (nSPS) is 23.3. The van der Waals surface area contributed by atoms with Gasteiger partial charge in [-0.25, -0.2) is 4.39 Å². The van der Waals surface area contributed by atoms with Gasteiger partial charge in [-0.3, -0.25) is 0 Å². The number of ether oxygens (including phenoxy) is 1. The lowest BCUT2D eigenvalue weighted by atomic mass is 9.90. The van der Waals surface area contributed by atoms with Gasteiger partial charge in [-0.2, -0.15) is 0 Å². The molecule has 1 aromatic rings. The molecule has 3 heteroatoms. The second-order valence-electron chi connectivity index (χ2n) is 4.41. The van der Waals surface area contributed by atoms with Crippen LogP contribution in [0.1, 0.15) is 18.4 Å². The summed E-state index contributed by atoms with van der Waals surface area (Å²) >= 11 is 0. The maximum absolute atomic E-state index is 14.1. The molecule has 0 radical (unpaired) electrons. The quantitative estimate of drug-likeness (QED) is 0.818. The maximum Gasteiger partial charge on any atom is 0.160 e. The molecular weight excluding hydrogens is 193 g/mol. The molecule has 0 bridgehead atoms. The number of halogens is 1. The Hall–Kier alpha value is -1.09. The fourth-order valence-electron chi connectivity index (χ4n) is 1.78. The second kappa shape index (κ2) is 3.20. The van der Waals surface area contributed by atoms with Gasteiger partial charge in [0.2, 0.25) is 0 Å². The molecule has 2 fully saturated rings. The number of rotatable bonds is 3. The van der Waals surface area contributed by atoms with Gasteiger partial charge in [0, 0.05) is 13.1 Å². The highest BCUT2D eigenvalue weighted by atomic mass is 19.1. The standard InChI is InChI=1S/C12H14FNO/c13-12(7-14-8-12)9-2-1-3-11(6-9)15-10-4-5-10/h1-3,6,10,14H,4-5,7-8H2. The molecule has 2 nitrogen and oxygen atoms in total. The lowest BCUT2D eigenvalue weighted by Gasteiger charge is -2.35. The van der Waals surface area contributed by atoms with Crippen LogP contribution in [-0.4, -0.2) is 19.2 Å². The van der Waals surface area contributed by atoms with Crippen LogP contribution < -0.4 is 10.1 Å². The van der Waals surface area contributed by atoms with Crippen molar-refractivity contribution < 1.29 is 9.13 Å². The smallest absolute Gasteiger partial charge is 0.160 e. The summed E-state index contributed by atoms with van der Waals surface area (Å²) in [6.07, 6.45) is 2.63. The summed E-state index contributed by atoms with van der Waals surface area (Å²) in [7, 11) is 0. The summed E-state index contributed by atoms with van der Waals surface area (Å²) < 4.78 is 19.7. The first kappa shape index (κ1) is 9.16. The fraction of sp³-hybridized carbons (Fsp3) is 0.500. The minimum Gasteiger partial charge on any atom is -0.490 e. The Balaban J connectivity index is 1.81. The monoisotopic (exact) mass is 207 g/mol. The largest absolute Gasteiger partial charge is 0.490 e. The highest BCUT2D eigenvalue weighted by molar-refractivity contribution is 5.34. The van der Waals surface area contributed by atoms with Gasteiger partial charge in [0.1, 0.15) is 5.75 Å². The molecule has 2 aliphatic rings. The molecule has 3 rings (SSSR count). The Morgan fingerprint density at radius 2 is 2.13 bits per heavy atom. The lowest BCUT2D eigenvalue weighted by molar-refractivity contribution is 0.0887. The molecule has 1 aliphatic heterocycles. The van der Waals surface area contributed by atoms with E-state index in [9.17, 15) is 4.39 Å². The van der Waals surface area contributed by atoms with E-state index in [0.717, 1.165) is 24.2 Å². The van der Waals surface area contributed by atoms with Crippen LogP contribution in [0.5, 0.6) is 5.75 Å². The highest BCUT2D eigenvalue weighted by Gasteiger charge is 2.39. The van der Waals surface area contributed by atoms with E-state index < -0.39 is 5.67 Å². The summed E-state index contributed by atoms with van der Waals surface area (Å²) in [6.45, 7) is 0.833. The number of nitrogens with one attached hydrogen (secondary N) is 1. The van der Waals surface area contributed by atoms with Crippen molar-refractivity contribution >= 4 is 0 Å². The van der Waals surface area contributed by atoms with Crippen molar-refractivity contribution in [3.8, 4) is 5.75 Å². The summed E-state index contributed by atoms with van der Waals surface area (Å²) in [4.78, 5) is 0. The molecule has 80 valence electrons. The van der Waals surface area contributed by atoms with E-state index in [1.54, 1.807) is 0 Å². The van der Waals surface area contributed by atoms with Crippen LogP contribution in [0.2, 0.25) is 0 Å². The van der Waals surface area contributed by atoms with Crippen LogP contribution in [-0.2, 0) is 5.67 Å². The molecule has 0 aromatic heterocycles. The number of hydrogen-bond donors (Lipinski definition) is 1. The molecule has 0 amide bonds. The molecule has 1 aliphatic carbocycles. The maximum atomic E-state index is 14.1. The lowest BCUT2D eigenvalue weighted by Crippen LogP contribution is -2.53. The Labute approximate surface area is 88.4 Å². The zero-order valence-corrected chi connectivity index (χ0v) is 8.50. The van der Waals surface area contributed by atoms with Crippen molar-refractivity contribution in [2.75, 3.05) is 13.1 Å². The third kappa shape index (κ3) is 1.72. The van der Waals surface area contributed by atoms with E-state index >= 15 is 0 Å². The number of hydrogen-bond acceptors (Lipinski definition) is 2. The van der Waals surface area contributed by atoms with Gasteiger partial charge in [-0.1, -0.05) is 12.1 Å². The second-order valence-corrected chi connectivity index (χ2v) is 4.41. The van der Waals surface area contributed by atoms with Crippen LogP contribution in [0.4, 0.5) is 4.39 Å². The molecule has 1 saturated heterocycles. The molecule has 1 aromatic carbocycles. The van der Waals surface area contributed by atoms with E-state index in [2.05, 4.69) is 5.32 Å². The van der Waals surface area contributed by atoms with Crippen molar-refractivity contribution in [3.63, 3.8) is 0 Å². The predicted octanol–water partition coefficient (Wildman–Crippen LogP) is 2.00. The molecule has 1 heterocycles. The van der Waals surface area contributed by atoms with Gasteiger partial charge >= 0.3 is 0 Å². The van der Waals surface area contributed by atoms with Crippen molar-refractivity contribution in [1.82, 2.24) is 5.32 Å². The van der Waals surface area contributed by atoms with E-state index in [1.165, 1.54) is 0 Å². The van der Waals surface area contributed by atoms with Crippen LogP contribution in [0.15, 0.2) is 24.3 Å². The molecule has 1 saturated carbocycles. The predicted molar refractivity (Wildman–Crippen MR) is 55.7 cm³/mol. The Morgan fingerprint density at radius 1 is 1.33 bits per heavy atom. The van der Waals surface area contributed by atoms with Gasteiger partial charge < -0.3 is 10.1 Å². The zero-order chi connectivity index (χ0) is 10.3. The van der Waals surface area contributed by atoms with Crippen LogP contribution in [0.25, 0.3) is 0 Å². The first-order valence-corrected chi connectivity index (χ1v) is 5.43. The molecule has 0 atom stereocenters. The van der Waals surface area contributed by atoms with Gasteiger partial charge in [0.25, 0.3) is 0 Å². The van der Waals surface area contributed by atoms with Crippen LogP contribution in [0, 0.1) is 0 Å². The topological polar surface area (TPSA) is 21.3 Å². The summed E-state index contributed by atoms with van der Waals surface area (Å²) in [5, 5.41) is 2.96. The van der Waals surface area contributed by atoms with Crippen LogP contribution >= 0.6 is 0 Å². The SMILES string of the molecule is FC1(c2cccc(OC3CC3)c2)CNC1. The molecular formula is C12H14FNO. The fourth-order valence-corrected chi connectivity index (χ4v) is 1.78. The number of alkyl halides is 1. The average molecular weight is 207 g/mol. The van der Waals surface area contributed by atoms with E-state index in [4.69, 9.17) is 4.74 Å². The first-order valence-electron chi connectivity index (χ1n) is 5.43. The van der Waals surface area contributed by atoms with Gasteiger partial charge in [0.15, 0.2) is 5.67 Å². The van der Waals surface area contributed by atoms with Gasteiger partial charge in [-0.15, -0.1) is 0 Å². The molecule has 0 unspecified atom stereocenters. The Bertz CT molecular complexity index is 372. The third-order valence-corrected chi connectivity index (χ3v) is 2.99. The Kier molecular flexibility index (Phi) is 1.96. The van der Waals surface area contributed by atoms with E-state index in [0.29, 0.717) is 19.2 Å². The van der Waals surface area contributed by atoms with Crippen molar-refractivity contribution in [2.24, 2.45) is 0 Å². The minimum absolute atomic E-state index is 0.371. The van der Waals surface area contributed by atoms with E-state index in [1.807, 2.05) is 24.3 Å². The Morgan fingerprint density at radius 3 is 2.73 bits per heavy atom. The molecule has 15 heavy (non-hydrogen) atoms. The van der Waals surface area contributed by atoms with Crippen LogP contribution in [0.3, 0.4) is 0 Å². The third-order valence-electron chi connectivity index (χ3n) is 2.99. The molecule has 0 spiro atoms. The zero-order valence-electron chi connectivity index (χ0n) is 8.50. The van der Waals surface area contributed by atoms with Gasteiger partial charge in [0.05, 0.1) is 6.10 Å². The summed E-state index contributed by atoms with van der Waals surface area (Å²) in [5.41, 5.74) is -0.442. The minimum atomic E-state index is -1.18. The first-order chi connectivity index (χ1) is 7.26. The molecule has 1 N–H and O–H groups in total. The van der Waals surface area contributed by atoms with E-state index in [-0.39, 0.29) is 0 Å². The summed E-state index contributed by atoms with van der Waals surface area (Å²) in [5.74, 6) is 0.805. The van der Waals surface area contributed by atoms with Crippen molar-refractivity contribution in [2.45, 2.75) is 24.6 Å². The summed E-state index contributed by atoms with van der Waals surface area (Å²) in [6, 6.07) is 7.43.